The van der Waals surface area contributed by atoms with Gasteiger partial charge in [0, 0.05) is 24.3 Å². The summed E-state index contributed by atoms with van der Waals surface area (Å²) in [5.74, 6) is -0.395. The molecule has 0 spiro atoms. The quantitative estimate of drug-likeness (QED) is 0.212. The van der Waals surface area contributed by atoms with E-state index in [1.165, 1.54) is 49.4 Å². The molecule has 178 valence electrons. The fourth-order valence-electron chi connectivity index (χ4n) is 2.78. The molecule has 0 aromatic heterocycles. The molecule has 0 aliphatic heterocycles. The van der Waals surface area contributed by atoms with Crippen molar-refractivity contribution in [3.8, 4) is 0 Å². The first-order valence-corrected chi connectivity index (χ1v) is 12.9. The van der Waals surface area contributed by atoms with Crippen molar-refractivity contribution < 1.29 is 26.2 Å². The predicted octanol–water partition coefficient (Wildman–Crippen LogP) is 2.40. The number of anilines is 2. The number of amides is 1. The second kappa shape index (κ2) is 10.4. The van der Waals surface area contributed by atoms with Crippen LogP contribution in [0.4, 0.5) is 11.4 Å². The average molecular weight is 513 g/mol. The first-order chi connectivity index (χ1) is 15.2. The number of hydrogen-bond acceptors (Lipinski definition) is 6. The molecule has 2 aromatic rings. The number of thiocarbonyl (C=S) groups is 1. The second-order valence-electron chi connectivity index (χ2n) is 7.29. The summed E-state index contributed by atoms with van der Waals surface area (Å²) >= 11 is 5.14. The summed E-state index contributed by atoms with van der Waals surface area (Å²) in [6.07, 6.45) is 2.65. The number of carbonyl (C=O) groups excluding carboxylic acids is 1. The Morgan fingerprint density at radius 2 is 1.45 bits per heavy atom. The fraction of sp³-hybridized carbons (Fsp3) is 0.200. The van der Waals surface area contributed by atoms with E-state index in [-0.39, 0.29) is 32.9 Å². The lowest BCUT2D eigenvalue weighted by atomic mass is 10.1. The zero-order valence-corrected chi connectivity index (χ0v) is 20.4. The van der Waals surface area contributed by atoms with Gasteiger partial charge in [-0.15, -0.1) is 0 Å². The maximum atomic E-state index is 12.0. The molecule has 0 atom stereocenters. The van der Waals surface area contributed by atoms with E-state index < -0.39 is 30.9 Å². The summed E-state index contributed by atoms with van der Waals surface area (Å²) in [7, 11) is -8.79. The van der Waals surface area contributed by atoms with E-state index in [1.54, 1.807) is 6.07 Å². The van der Waals surface area contributed by atoms with Crippen molar-refractivity contribution in [3.05, 3.63) is 47.5 Å². The first kappa shape index (κ1) is 26.4. The summed E-state index contributed by atoms with van der Waals surface area (Å²) in [5, 5.41) is 13.8. The third kappa shape index (κ3) is 7.91. The summed E-state index contributed by atoms with van der Waals surface area (Å²) in [6, 6.07) is 8.28. The molecule has 0 saturated carbocycles. The Bertz CT molecular complexity index is 1320. The predicted molar refractivity (Wildman–Crippen MR) is 132 cm³/mol. The Balaban J connectivity index is 2.48. The zero-order valence-electron chi connectivity index (χ0n) is 18.0. The van der Waals surface area contributed by atoms with Crippen molar-refractivity contribution >= 4 is 66.9 Å². The molecule has 0 radical (unpaired) electrons. The van der Waals surface area contributed by atoms with Gasteiger partial charge in [-0.2, -0.15) is 8.42 Å². The van der Waals surface area contributed by atoms with Gasteiger partial charge in [0.2, 0.25) is 15.9 Å². The van der Waals surface area contributed by atoms with E-state index in [0.29, 0.717) is 5.69 Å². The number of nitrogens with one attached hydrogen (secondary N) is 3. The van der Waals surface area contributed by atoms with E-state index in [4.69, 9.17) is 17.4 Å². The van der Waals surface area contributed by atoms with Crippen LogP contribution >= 0.6 is 12.2 Å². The van der Waals surface area contributed by atoms with Crippen LogP contribution in [0.1, 0.15) is 31.9 Å². The van der Waals surface area contributed by atoms with Gasteiger partial charge in [-0.3, -0.25) is 9.35 Å². The van der Waals surface area contributed by atoms with Gasteiger partial charge in [0.05, 0.1) is 4.90 Å². The summed E-state index contributed by atoms with van der Waals surface area (Å²) in [6.45, 7) is 5.03. The van der Waals surface area contributed by atoms with Crippen molar-refractivity contribution in [1.82, 2.24) is 5.32 Å². The Kier molecular flexibility index (Phi) is 8.32. The van der Waals surface area contributed by atoms with Gasteiger partial charge in [-0.1, -0.05) is 24.3 Å². The molecule has 33 heavy (non-hydrogen) atoms. The molecule has 2 aromatic carbocycles. The van der Waals surface area contributed by atoms with Crippen LogP contribution in [0.25, 0.3) is 12.2 Å². The molecular weight excluding hydrogens is 488 g/mol. The highest BCUT2D eigenvalue weighted by Crippen LogP contribution is 2.26. The molecular formula is C20H24N4O6S3. The zero-order chi connectivity index (χ0) is 25.0. The molecule has 0 heterocycles. The van der Waals surface area contributed by atoms with E-state index in [0.717, 1.165) is 0 Å². The lowest BCUT2D eigenvalue weighted by Crippen LogP contribution is -2.33. The van der Waals surface area contributed by atoms with Gasteiger partial charge in [-0.05, 0) is 61.5 Å². The fourth-order valence-corrected chi connectivity index (χ4v) is 4.60. The summed E-state index contributed by atoms with van der Waals surface area (Å²) < 4.78 is 57.6. The van der Waals surface area contributed by atoms with Crippen LogP contribution in [-0.2, 0) is 24.9 Å². The molecule has 0 bridgehead atoms. The number of benzene rings is 2. The maximum absolute atomic E-state index is 12.0. The van der Waals surface area contributed by atoms with Crippen molar-refractivity contribution in [1.29, 1.82) is 0 Å². The highest BCUT2D eigenvalue weighted by molar-refractivity contribution is 7.89. The van der Waals surface area contributed by atoms with Crippen LogP contribution in [0.5, 0.6) is 0 Å². The maximum Gasteiger partial charge on any atom is 0.295 e. The monoisotopic (exact) mass is 512 g/mol. The van der Waals surface area contributed by atoms with Crippen LogP contribution in [0.3, 0.4) is 0 Å². The molecule has 13 heteroatoms. The highest BCUT2D eigenvalue weighted by atomic mass is 32.2. The number of nitrogens with two attached hydrogens (primary N) is 1. The highest BCUT2D eigenvalue weighted by Gasteiger charge is 2.17. The average Bonchev–Trinajstić information content (AvgIpc) is 2.65. The van der Waals surface area contributed by atoms with Crippen LogP contribution in [0.2, 0.25) is 0 Å². The Morgan fingerprint density at radius 3 is 1.91 bits per heavy atom. The van der Waals surface area contributed by atoms with Gasteiger partial charge in [-0.25, -0.2) is 13.6 Å². The van der Waals surface area contributed by atoms with Gasteiger partial charge >= 0.3 is 0 Å². The van der Waals surface area contributed by atoms with Crippen LogP contribution in [0.15, 0.2) is 46.2 Å². The van der Waals surface area contributed by atoms with Gasteiger partial charge in [0.25, 0.3) is 10.1 Å². The van der Waals surface area contributed by atoms with Crippen LogP contribution in [-0.4, -0.2) is 38.4 Å². The largest absolute Gasteiger partial charge is 0.360 e. The molecule has 0 unspecified atom stereocenters. The molecule has 0 fully saturated rings. The molecule has 1 amide bonds. The summed E-state index contributed by atoms with van der Waals surface area (Å²) in [4.78, 5) is 10.6. The van der Waals surface area contributed by atoms with E-state index in [1.807, 2.05) is 13.8 Å². The lowest BCUT2D eigenvalue weighted by molar-refractivity contribution is -0.114. The molecule has 6 N–H and O–H groups in total. The standard InChI is InChI=1S/C20H24N4O6S3/c1-12(2)22-20(31)24-17-9-7-15(19(11-17)33(28,29)30)5-4-14-6-8-16(23-13(3)25)10-18(14)32(21,26)27/h4-12H,1-3H3,(H,23,25)(H2,21,26,27)(H2,22,24,31)(H,28,29,30). The van der Waals surface area contributed by atoms with Crippen LogP contribution in [0, 0.1) is 0 Å². The third-order valence-corrected chi connectivity index (χ3v) is 6.15. The number of sulfonamides is 1. The Hall–Kier alpha value is -2.84. The van der Waals surface area contributed by atoms with Crippen molar-refractivity contribution in [2.24, 2.45) is 5.14 Å². The Labute approximate surface area is 198 Å². The topological polar surface area (TPSA) is 168 Å². The number of hydrogen-bond donors (Lipinski definition) is 5. The molecule has 0 saturated heterocycles. The first-order valence-electron chi connectivity index (χ1n) is 9.48. The normalized spacial score (nSPS) is 12.1. The SMILES string of the molecule is CC(=O)Nc1ccc(C=Cc2ccc(NC(=S)NC(C)C)cc2S(=O)(=O)O)c(S(N)(=O)=O)c1. The molecule has 10 nitrogen and oxygen atoms in total. The van der Waals surface area contributed by atoms with E-state index >= 15 is 0 Å². The van der Waals surface area contributed by atoms with Crippen molar-refractivity contribution in [2.75, 3.05) is 10.6 Å². The van der Waals surface area contributed by atoms with Gasteiger partial charge in [0.1, 0.15) is 4.90 Å². The lowest BCUT2D eigenvalue weighted by Gasteiger charge is -2.14. The molecule has 0 aliphatic rings. The third-order valence-electron chi connectivity index (χ3n) is 4.05. The Morgan fingerprint density at radius 1 is 0.970 bits per heavy atom. The van der Waals surface area contributed by atoms with Gasteiger partial charge < -0.3 is 16.0 Å². The summed E-state index contributed by atoms with van der Waals surface area (Å²) in [5.41, 5.74) is 0.793. The van der Waals surface area contributed by atoms with Gasteiger partial charge in [0.15, 0.2) is 5.11 Å². The van der Waals surface area contributed by atoms with Crippen molar-refractivity contribution in [2.45, 2.75) is 36.6 Å². The van der Waals surface area contributed by atoms with E-state index in [2.05, 4.69) is 16.0 Å². The minimum absolute atomic E-state index is 0.0540. The number of carbonyl (C=O) groups is 1. The second-order valence-corrected chi connectivity index (χ2v) is 10.6. The number of primary sulfonamides is 1. The van der Waals surface area contributed by atoms with Crippen LogP contribution < -0.4 is 21.1 Å². The van der Waals surface area contributed by atoms with E-state index in [9.17, 15) is 26.2 Å². The van der Waals surface area contributed by atoms with Crippen molar-refractivity contribution in [3.63, 3.8) is 0 Å². The molecule has 0 aliphatic carbocycles. The minimum atomic E-state index is -4.62. The number of rotatable bonds is 7. The minimum Gasteiger partial charge on any atom is -0.360 e. The molecule has 2 rings (SSSR count). The smallest absolute Gasteiger partial charge is 0.295 e.